The smallest absolute Gasteiger partial charge is 0.251 e. The Balaban J connectivity index is 1.40. The third-order valence-corrected chi connectivity index (χ3v) is 7.64. The number of nitrogens with one attached hydrogen (secondary N) is 2. The molecule has 224 valence electrons. The standard InChI is InChI=1S/C34H39N5O4/c1-34(2,21-39(3)4)20-37-33(40)23-6-8-27(30(17-23)41-5)31-18-29-32(43-31)26(10-13-36-29)22-7-9-28(24(16-22)19-35)38-25-11-14-42-15-12-25/h6-10,13,16-18,25,38H,11-12,14-15,20-21H2,1-5H3,(H,37,40). The Morgan fingerprint density at radius 1 is 1.12 bits per heavy atom. The normalized spacial score (nSPS) is 14.1. The number of amides is 1. The fraction of sp³-hybridized carbons (Fsp3) is 0.382. The number of ether oxygens (including phenoxy) is 2. The van der Waals surface area contributed by atoms with Crippen molar-refractivity contribution in [3.63, 3.8) is 0 Å². The van der Waals surface area contributed by atoms with Gasteiger partial charge in [-0.2, -0.15) is 5.26 Å². The van der Waals surface area contributed by atoms with Crippen LogP contribution in [-0.4, -0.2) is 69.3 Å². The summed E-state index contributed by atoms with van der Waals surface area (Å²) in [6.45, 7) is 7.10. The molecule has 2 aromatic heterocycles. The number of nitrogens with zero attached hydrogens (tertiary/aromatic N) is 3. The van der Waals surface area contributed by atoms with Gasteiger partial charge in [0.2, 0.25) is 0 Å². The van der Waals surface area contributed by atoms with Crippen LogP contribution in [0.25, 0.3) is 33.6 Å². The monoisotopic (exact) mass is 581 g/mol. The molecule has 0 aliphatic carbocycles. The number of pyridine rings is 1. The van der Waals surface area contributed by atoms with Crippen LogP contribution in [0.2, 0.25) is 0 Å². The molecule has 9 heteroatoms. The number of carbonyl (C=O) groups is 1. The number of furan rings is 1. The number of benzene rings is 2. The minimum absolute atomic E-state index is 0.0716. The summed E-state index contributed by atoms with van der Waals surface area (Å²) in [5.74, 6) is 0.939. The molecule has 2 N–H and O–H groups in total. The summed E-state index contributed by atoms with van der Waals surface area (Å²) in [6.07, 6.45) is 3.56. The van der Waals surface area contributed by atoms with Gasteiger partial charge in [-0.05, 0) is 74.3 Å². The third kappa shape index (κ3) is 6.99. The molecule has 1 amide bonds. The number of hydrogen-bond acceptors (Lipinski definition) is 8. The van der Waals surface area contributed by atoms with E-state index in [9.17, 15) is 10.1 Å². The maximum Gasteiger partial charge on any atom is 0.251 e. The lowest BCUT2D eigenvalue weighted by Gasteiger charge is -2.28. The first-order valence-electron chi connectivity index (χ1n) is 14.6. The van der Waals surface area contributed by atoms with Crippen LogP contribution in [0, 0.1) is 16.7 Å². The van der Waals surface area contributed by atoms with Crippen molar-refractivity contribution in [2.24, 2.45) is 5.41 Å². The van der Waals surface area contributed by atoms with Crippen LogP contribution < -0.4 is 15.4 Å². The summed E-state index contributed by atoms with van der Waals surface area (Å²) in [5.41, 5.74) is 5.53. The van der Waals surface area contributed by atoms with Crippen molar-refractivity contribution in [3.05, 3.63) is 65.9 Å². The van der Waals surface area contributed by atoms with Gasteiger partial charge < -0.3 is 29.4 Å². The molecular weight excluding hydrogens is 542 g/mol. The first-order valence-corrected chi connectivity index (χ1v) is 14.6. The summed E-state index contributed by atoms with van der Waals surface area (Å²) in [6, 6.07) is 17.5. The van der Waals surface area contributed by atoms with E-state index in [4.69, 9.17) is 13.9 Å². The second-order valence-electron chi connectivity index (χ2n) is 12.1. The highest BCUT2D eigenvalue weighted by atomic mass is 16.5. The largest absolute Gasteiger partial charge is 0.496 e. The van der Waals surface area contributed by atoms with Crippen molar-refractivity contribution in [3.8, 4) is 34.3 Å². The molecule has 0 radical (unpaired) electrons. The van der Waals surface area contributed by atoms with E-state index in [0.717, 1.165) is 49.4 Å². The summed E-state index contributed by atoms with van der Waals surface area (Å²) in [7, 11) is 5.62. The molecule has 5 rings (SSSR count). The minimum Gasteiger partial charge on any atom is -0.496 e. The number of carbonyl (C=O) groups excluding carboxylic acids is 1. The Labute approximate surface area is 252 Å². The molecule has 0 atom stereocenters. The predicted molar refractivity (Wildman–Crippen MR) is 168 cm³/mol. The lowest BCUT2D eigenvalue weighted by Crippen LogP contribution is -2.39. The van der Waals surface area contributed by atoms with Gasteiger partial charge in [0.05, 0.1) is 23.9 Å². The lowest BCUT2D eigenvalue weighted by atomic mass is 9.93. The van der Waals surface area contributed by atoms with Gasteiger partial charge in [-0.1, -0.05) is 19.9 Å². The van der Waals surface area contributed by atoms with E-state index >= 15 is 0 Å². The van der Waals surface area contributed by atoms with Crippen molar-refractivity contribution < 1.29 is 18.7 Å². The molecule has 0 spiro atoms. The Morgan fingerprint density at radius 2 is 1.91 bits per heavy atom. The highest BCUT2D eigenvalue weighted by molar-refractivity contribution is 5.96. The third-order valence-electron chi connectivity index (χ3n) is 7.64. The predicted octanol–water partition coefficient (Wildman–Crippen LogP) is 5.95. The number of methoxy groups -OCH3 is 1. The summed E-state index contributed by atoms with van der Waals surface area (Å²) < 4.78 is 17.5. The molecule has 9 nitrogen and oxygen atoms in total. The van der Waals surface area contributed by atoms with E-state index in [2.05, 4.69) is 40.4 Å². The van der Waals surface area contributed by atoms with Gasteiger partial charge in [-0.25, -0.2) is 0 Å². The van der Waals surface area contributed by atoms with E-state index in [0.29, 0.717) is 45.8 Å². The summed E-state index contributed by atoms with van der Waals surface area (Å²) in [5, 5.41) is 16.5. The highest BCUT2D eigenvalue weighted by Crippen LogP contribution is 2.38. The van der Waals surface area contributed by atoms with Crippen LogP contribution in [0.3, 0.4) is 0 Å². The molecule has 43 heavy (non-hydrogen) atoms. The van der Waals surface area contributed by atoms with Crippen LogP contribution in [0.15, 0.2) is 59.1 Å². The lowest BCUT2D eigenvalue weighted by molar-refractivity contribution is 0.0904. The SMILES string of the molecule is COc1cc(C(=O)NCC(C)(C)CN(C)C)ccc1-c1cc2nccc(-c3ccc(NC4CCOCC4)c(C#N)c3)c2o1. The highest BCUT2D eigenvalue weighted by Gasteiger charge is 2.22. The van der Waals surface area contributed by atoms with Crippen LogP contribution >= 0.6 is 0 Å². The summed E-state index contributed by atoms with van der Waals surface area (Å²) in [4.78, 5) is 19.6. The van der Waals surface area contributed by atoms with E-state index < -0.39 is 0 Å². The number of hydrogen-bond donors (Lipinski definition) is 2. The maximum absolute atomic E-state index is 13.0. The zero-order chi connectivity index (χ0) is 30.6. The molecule has 1 aliphatic rings. The van der Waals surface area contributed by atoms with E-state index in [1.54, 1.807) is 25.4 Å². The van der Waals surface area contributed by atoms with Crippen molar-refractivity contribution in [1.82, 2.24) is 15.2 Å². The first kappa shape index (κ1) is 30.1. The van der Waals surface area contributed by atoms with E-state index in [1.165, 1.54) is 0 Å². The Kier molecular flexibility index (Phi) is 9.00. The molecular formula is C34H39N5O4. The molecule has 0 bridgehead atoms. The van der Waals surface area contributed by atoms with Crippen molar-refractivity contribution in [1.29, 1.82) is 5.26 Å². The van der Waals surface area contributed by atoms with E-state index in [1.807, 2.05) is 50.5 Å². The minimum atomic E-state index is -0.159. The molecule has 0 unspecified atom stereocenters. The van der Waals surface area contributed by atoms with Crippen molar-refractivity contribution >= 4 is 22.7 Å². The Morgan fingerprint density at radius 3 is 2.63 bits per heavy atom. The van der Waals surface area contributed by atoms with E-state index in [-0.39, 0.29) is 17.4 Å². The van der Waals surface area contributed by atoms with Crippen LogP contribution in [0.1, 0.15) is 42.6 Å². The number of aromatic nitrogens is 1. The van der Waals surface area contributed by atoms with Crippen molar-refractivity contribution in [2.45, 2.75) is 32.7 Å². The van der Waals surface area contributed by atoms with Crippen LogP contribution in [0.5, 0.6) is 5.75 Å². The Hall–Kier alpha value is -4.39. The van der Waals surface area contributed by atoms with Gasteiger partial charge in [-0.15, -0.1) is 0 Å². The Bertz CT molecular complexity index is 1650. The molecule has 1 aliphatic heterocycles. The molecule has 1 fully saturated rings. The topological polar surface area (TPSA) is 113 Å². The average molecular weight is 582 g/mol. The molecule has 0 saturated carbocycles. The number of rotatable bonds is 10. The molecule has 3 heterocycles. The first-order chi connectivity index (χ1) is 20.7. The fourth-order valence-electron chi connectivity index (χ4n) is 5.66. The quantitative estimate of drug-likeness (QED) is 0.236. The molecule has 2 aromatic carbocycles. The van der Waals surface area contributed by atoms with Crippen molar-refractivity contribution in [2.75, 3.05) is 52.8 Å². The second-order valence-corrected chi connectivity index (χ2v) is 12.1. The number of fused-ring (bicyclic) bond motifs is 1. The molecule has 1 saturated heterocycles. The zero-order valence-corrected chi connectivity index (χ0v) is 25.5. The van der Waals surface area contributed by atoms with Gasteiger partial charge in [0.25, 0.3) is 5.91 Å². The average Bonchev–Trinajstić information content (AvgIpc) is 3.44. The van der Waals surface area contributed by atoms with Crippen LogP contribution in [0.4, 0.5) is 5.69 Å². The van der Waals surface area contributed by atoms with Gasteiger partial charge >= 0.3 is 0 Å². The number of nitriles is 1. The zero-order valence-electron chi connectivity index (χ0n) is 25.5. The van der Waals surface area contributed by atoms with Crippen LogP contribution in [-0.2, 0) is 4.74 Å². The molecule has 4 aromatic rings. The van der Waals surface area contributed by atoms with Gasteiger partial charge in [0.1, 0.15) is 23.1 Å². The maximum atomic E-state index is 13.0. The fourth-order valence-corrected chi connectivity index (χ4v) is 5.66. The van der Waals surface area contributed by atoms with Gasteiger partial charge in [0.15, 0.2) is 5.58 Å². The number of anilines is 1. The second kappa shape index (κ2) is 12.9. The summed E-state index contributed by atoms with van der Waals surface area (Å²) >= 11 is 0. The van der Waals surface area contributed by atoms with Gasteiger partial charge in [0, 0.05) is 55.7 Å². The van der Waals surface area contributed by atoms with Gasteiger partial charge in [-0.3, -0.25) is 9.78 Å².